The number of alkyl halides is 2. The number of aryl methyl sites for hydroxylation is 1. The highest BCUT2D eigenvalue weighted by atomic mass is 19.3. The summed E-state index contributed by atoms with van der Waals surface area (Å²) in [5.41, 5.74) is 4.09. The molecule has 0 amide bonds. The molecule has 1 aromatic heterocycles. The second-order valence-electron chi connectivity index (χ2n) is 2.69. The Labute approximate surface area is 78.4 Å². The number of nitrogen functional groups attached to an aromatic ring is 1. The molecule has 0 atom stereocenters. The minimum Gasteiger partial charge on any atom is -0.478 e. The lowest BCUT2D eigenvalue weighted by Crippen LogP contribution is -2.09. The first kappa shape index (κ1) is 10.4. The van der Waals surface area contributed by atoms with Crippen molar-refractivity contribution in [3.63, 3.8) is 0 Å². The zero-order valence-corrected chi connectivity index (χ0v) is 7.29. The van der Waals surface area contributed by atoms with Crippen LogP contribution in [-0.2, 0) is 0 Å². The van der Waals surface area contributed by atoms with E-state index >= 15 is 0 Å². The normalized spacial score (nSPS) is 10.6. The van der Waals surface area contributed by atoms with Crippen molar-refractivity contribution in [2.24, 2.45) is 0 Å². The average Bonchev–Trinajstić information content (AvgIpc) is 2.02. The van der Waals surface area contributed by atoms with Crippen molar-refractivity contribution in [3.8, 4) is 0 Å². The van der Waals surface area contributed by atoms with Gasteiger partial charge in [-0.25, -0.2) is 13.6 Å². The number of pyridine rings is 1. The number of rotatable bonds is 2. The molecule has 0 fully saturated rings. The highest BCUT2D eigenvalue weighted by molar-refractivity contribution is 5.95. The van der Waals surface area contributed by atoms with Crippen LogP contribution < -0.4 is 5.73 Å². The number of carboxylic acids is 1. The van der Waals surface area contributed by atoms with Gasteiger partial charge in [0.2, 0.25) is 0 Å². The van der Waals surface area contributed by atoms with Crippen LogP contribution in [0, 0.1) is 6.92 Å². The summed E-state index contributed by atoms with van der Waals surface area (Å²) in [6.07, 6.45) is -1.93. The largest absolute Gasteiger partial charge is 0.478 e. The van der Waals surface area contributed by atoms with Gasteiger partial charge in [-0.05, 0) is 6.92 Å². The number of aromatic carboxylic acids is 1. The van der Waals surface area contributed by atoms with Crippen LogP contribution in [0.4, 0.5) is 14.5 Å². The molecule has 0 aliphatic rings. The number of halogens is 2. The highest BCUT2D eigenvalue weighted by Gasteiger charge is 2.20. The molecule has 3 N–H and O–H groups in total. The molecular weight excluding hydrogens is 194 g/mol. The molecule has 0 radical (unpaired) electrons. The molecule has 0 unspecified atom stereocenters. The minimum absolute atomic E-state index is 0.124. The topological polar surface area (TPSA) is 76.2 Å². The first-order valence-corrected chi connectivity index (χ1v) is 3.71. The Morgan fingerprint density at radius 3 is 2.64 bits per heavy atom. The van der Waals surface area contributed by atoms with Crippen LogP contribution in [0.25, 0.3) is 0 Å². The molecule has 1 rings (SSSR count). The molecule has 0 saturated carbocycles. The first-order chi connectivity index (χ1) is 6.45. The van der Waals surface area contributed by atoms with Gasteiger partial charge >= 0.3 is 5.97 Å². The van der Waals surface area contributed by atoms with Crippen molar-refractivity contribution >= 4 is 11.7 Å². The summed E-state index contributed by atoms with van der Waals surface area (Å²) < 4.78 is 24.6. The van der Waals surface area contributed by atoms with E-state index in [2.05, 4.69) is 4.98 Å². The molecule has 76 valence electrons. The summed E-state index contributed by atoms with van der Waals surface area (Å²) in [5, 5.41) is 8.69. The maximum atomic E-state index is 12.3. The van der Waals surface area contributed by atoms with Crippen molar-refractivity contribution in [3.05, 3.63) is 23.0 Å². The summed E-state index contributed by atoms with van der Waals surface area (Å²) >= 11 is 0. The fourth-order valence-electron chi connectivity index (χ4n) is 1.08. The molecule has 0 saturated heterocycles. The van der Waals surface area contributed by atoms with Gasteiger partial charge in [-0.1, -0.05) is 0 Å². The Morgan fingerprint density at radius 2 is 2.21 bits per heavy atom. The van der Waals surface area contributed by atoms with Crippen molar-refractivity contribution in [2.45, 2.75) is 13.3 Å². The summed E-state index contributed by atoms with van der Waals surface area (Å²) in [6, 6.07) is 0. The van der Waals surface area contributed by atoms with Gasteiger partial charge in [0.15, 0.2) is 0 Å². The van der Waals surface area contributed by atoms with Crippen molar-refractivity contribution in [2.75, 3.05) is 5.73 Å². The smallest absolute Gasteiger partial charge is 0.339 e. The van der Waals surface area contributed by atoms with Crippen LogP contribution >= 0.6 is 0 Å². The number of nitrogens with zero attached hydrogens (tertiary/aromatic N) is 1. The van der Waals surface area contributed by atoms with E-state index in [-0.39, 0.29) is 11.3 Å². The van der Waals surface area contributed by atoms with Crippen LogP contribution in [0.5, 0.6) is 0 Å². The number of carbonyl (C=O) groups is 1. The third kappa shape index (κ3) is 1.63. The second-order valence-corrected chi connectivity index (χ2v) is 2.69. The predicted molar refractivity (Wildman–Crippen MR) is 45.3 cm³/mol. The quantitative estimate of drug-likeness (QED) is 0.763. The lowest BCUT2D eigenvalue weighted by Gasteiger charge is -2.08. The van der Waals surface area contributed by atoms with E-state index in [1.54, 1.807) is 0 Å². The SMILES string of the molecule is Cc1ncc(C(F)F)c(N)c1C(=O)O. The Bertz CT molecular complexity index is 380. The molecule has 4 nitrogen and oxygen atoms in total. The maximum absolute atomic E-state index is 12.3. The van der Waals surface area contributed by atoms with E-state index in [9.17, 15) is 13.6 Å². The van der Waals surface area contributed by atoms with Crippen molar-refractivity contribution in [1.29, 1.82) is 0 Å². The summed E-state index contributed by atoms with van der Waals surface area (Å²) in [7, 11) is 0. The Balaban J connectivity index is 3.41. The van der Waals surface area contributed by atoms with Crippen molar-refractivity contribution < 1.29 is 18.7 Å². The monoisotopic (exact) mass is 202 g/mol. The summed E-state index contributed by atoms with van der Waals surface area (Å²) in [6.45, 7) is 1.40. The third-order valence-electron chi connectivity index (χ3n) is 1.79. The fraction of sp³-hybridized carbons (Fsp3) is 0.250. The fourth-order valence-corrected chi connectivity index (χ4v) is 1.08. The number of aromatic nitrogens is 1. The van der Waals surface area contributed by atoms with Gasteiger partial charge in [-0.15, -0.1) is 0 Å². The lowest BCUT2D eigenvalue weighted by molar-refractivity contribution is 0.0696. The van der Waals surface area contributed by atoms with Gasteiger partial charge in [0.1, 0.15) is 5.56 Å². The molecule has 0 aliphatic carbocycles. The van der Waals surface area contributed by atoms with Gasteiger partial charge in [0.05, 0.1) is 16.9 Å². The Hall–Kier alpha value is -1.72. The van der Waals surface area contributed by atoms with Gasteiger partial charge in [-0.2, -0.15) is 0 Å². The lowest BCUT2D eigenvalue weighted by atomic mass is 10.1. The average molecular weight is 202 g/mol. The molecule has 1 heterocycles. The maximum Gasteiger partial charge on any atom is 0.339 e. The van der Waals surface area contributed by atoms with Crippen LogP contribution in [0.15, 0.2) is 6.20 Å². The highest BCUT2D eigenvalue weighted by Crippen LogP contribution is 2.28. The Kier molecular flexibility index (Phi) is 2.64. The molecule has 0 spiro atoms. The Morgan fingerprint density at radius 1 is 1.64 bits per heavy atom. The van der Waals surface area contributed by atoms with Crippen LogP contribution in [0.3, 0.4) is 0 Å². The summed E-state index contributed by atoms with van der Waals surface area (Å²) in [5.74, 6) is -1.35. The molecule has 0 aliphatic heterocycles. The van der Waals surface area contributed by atoms with E-state index in [1.807, 2.05) is 0 Å². The molecular formula is C8H8F2N2O2. The second kappa shape index (κ2) is 3.57. The molecule has 0 bridgehead atoms. The third-order valence-corrected chi connectivity index (χ3v) is 1.79. The number of nitrogens with two attached hydrogens (primary N) is 1. The molecule has 14 heavy (non-hydrogen) atoms. The van der Waals surface area contributed by atoms with E-state index < -0.39 is 23.6 Å². The van der Waals surface area contributed by atoms with Gasteiger partial charge in [-0.3, -0.25) is 4.98 Å². The van der Waals surface area contributed by atoms with E-state index in [0.717, 1.165) is 6.20 Å². The predicted octanol–water partition coefficient (Wildman–Crippen LogP) is 1.61. The van der Waals surface area contributed by atoms with E-state index in [4.69, 9.17) is 10.8 Å². The van der Waals surface area contributed by atoms with Crippen LogP contribution in [-0.4, -0.2) is 16.1 Å². The minimum atomic E-state index is -2.82. The van der Waals surface area contributed by atoms with Gasteiger partial charge in [0.25, 0.3) is 6.43 Å². The first-order valence-electron chi connectivity index (χ1n) is 3.71. The summed E-state index contributed by atoms with van der Waals surface area (Å²) in [4.78, 5) is 14.2. The van der Waals surface area contributed by atoms with E-state index in [0.29, 0.717) is 0 Å². The number of carboxylic acid groups (broad SMARTS) is 1. The number of hydrogen-bond donors (Lipinski definition) is 2. The van der Waals surface area contributed by atoms with E-state index in [1.165, 1.54) is 6.92 Å². The standard InChI is InChI=1S/C8H8F2N2O2/c1-3-5(8(13)14)6(11)4(2-12-3)7(9)10/h2,7H,1H3,(H2,11,12)(H,13,14). The van der Waals surface area contributed by atoms with Gasteiger partial charge < -0.3 is 10.8 Å². The molecule has 6 heteroatoms. The van der Waals surface area contributed by atoms with Crippen LogP contribution in [0.1, 0.15) is 28.0 Å². The van der Waals surface area contributed by atoms with Crippen molar-refractivity contribution in [1.82, 2.24) is 4.98 Å². The zero-order chi connectivity index (χ0) is 10.9. The van der Waals surface area contributed by atoms with Gasteiger partial charge in [0, 0.05) is 6.20 Å². The molecule has 0 aromatic carbocycles. The zero-order valence-electron chi connectivity index (χ0n) is 7.29. The number of anilines is 1. The molecule has 1 aromatic rings. The number of hydrogen-bond acceptors (Lipinski definition) is 3. The van der Waals surface area contributed by atoms with Crippen LogP contribution in [0.2, 0.25) is 0 Å².